The molecule has 3 rings (SSSR count). The van der Waals surface area contributed by atoms with E-state index >= 15 is 0 Å². The Bertz CT molecular complexity index is 585. The minimum Gasteiger partial charge on any atom is -0.302 e. The summed E-state index contributed by atoms with van der Waals surface area (Å²) in [6, 6.07) is 20.8. The van der Waals surface area contributed by atoms with Crippen LogP contribution in [0, 0.1) is 0 Å². The number of carbonyl (C=O) groups is 1. The van der Waals surface area contributed by atoms with Crippen molar-refractivity contribution in [3.05, 3.63) is 71.8 Å². The molecule has 1 unspecified atom stereocenters. The predicted octanol–water partition coefficient (Wildman–Crippen LogP) is 3.60. The largest absolute Gasteiger partial charge is 0.302 e. The maximum Gasteiger partial charge on any atom is 0.138 e. The zero-order valence-electron chi connectivity index (χ0n) is 14.8. The second-order valence-corrected chi connectivity index (χ2v) is 5.88. The third-order valence-corrected chi connectivity index (χ3v) is 4.25. The van der Waals surface area contributed by atoms with Crippen LogP contribution in [0.3, 0.4) is 0 Å². The van der Waals surface area contributed by atoms with Crippen LogP contribution < -0.4 is 0 Å². The van der Waals surface area contributed by atoms with E-state index < -0.39 is 0 Å². The van der Waals surface area contributed by atoms with Gasteiger partial charge in [-0.3, -0.25) is 9.80 Å². The van der Waals surface area contributed by atoms with Crippen molar-refractivity contribution >= 4 is 6.29 Å². The van der Waals surface area contributed by atoms with E-state index in [2.05, 4.69) is 58.3 Å². The Balaban J connectivity index is 0.00000100. The summed E-state index contributed by atoms with van der Waals surface area (Å²) in [7, 11) is 0. The van der Waals surface area contributed by atoms with Gasteiger partial charge in [-0.2, -0.15) is 0 Å². The molecule has 0 aromatic heterocycles. The molecule has 0 radical (unpaired) electrons. The van der Waals surface area contributed by atoms with E-state index in [-0.39, 0.29) is 6.04 Å². The Kier molecular flexibility index (Phi) is 7.66. The van der Waals surface area contributed by atoms with Crippen LogP contribution in [0.5, 0.6) is 0 Å². The van der Waals surface area contributed by atoms with Crippen LogP contribution in [0.2, 0.25) is 0 Å². The fraction of sp³-hybridized carbons (Fsp3) is 0.381. The van der Waals surface area contributed by atoms with Crippen molar-refractivity contribution in [2.24, 2.45) is 0 Å². The molecule has 0 amide bonds. The lowest BCUT2D eigenvalue weighted by Crippen LogP contribution is -2.53. The first kappa shape index (κ1) is 18.4. The van der Waals surface area contributed by atoms with Gasteiger partial charge >= 0.3 is 0 Å². The van der Waals surface area contributed by atoms with Gasteiger partial charge in [0, 0.05) is 32.7 Å². The Hall–Kier alpha value is -1.97. The van der Waals surface area contributed by atoms with Gasteiger partial charge in [-0.15, -0.1) is 0 Å². The number of benzene rings is 2. The van der Waals surface area contributed by atoms with E-state index in [1.165, 1.54) is 11.1 Å². The van der Waals surface area contributed by atoms with Crippen LogP contribution in [0.4, 0.5) is 0 Å². The molecule has 1 fully saturated rings. The Morgan fingerprint density at radius 1 is 0.875 bits per heavy atom. The minimum absolute atomic E-state index is 0.0160. The smallest absolute Gasteiger partial charge is 0.138 e. The van der Waals surface area contributed by atoms with E-state index in [4.69, 9.17) is 0 Å². The first-order valence-corrected chi connectivity index (χ1v) is 8.85. The highest BCUT2D eigenvalue weighted by atomic mass is 16.1. The average molecular weight is 324 g/mol. The molecule has 128 valence electrons. The van der Waals surface area contributed by atoms with Gasteiger partial charge in [-0.25, -0.2) is 0 Å². The first-order chi connectivity index (χ1) is 11.8. The number of aldehydes is 1. The van der Waals surface area contributed by atoms with Crippen molar-refractivity contribution in [1.82, 2.24) is 9.80 Å². The van der Waals surface area contributed by atoms with Crippen LogP contribution in [-0.4, -0.2) is 41.8 Å². The molecular weight excluding hydrogens is 296 g/mol. The monoisotopic (exact) mass is 324 g/mol. The van der Waals surface area contributed by atoms with Crippen molar-refractivity contribution in [2.75, 3.05) is 19.6 Å². The van der Waals surface area contributed by atoms with Gasteiger partial charge in [0.2, 0.25) is 0 Å². The molecule has 0 aliphatic carbocycles. The Morgan fingerprint density at radius 2 is 1.42 bits per heavy atom. The molecule has 0 spiro atoms. The molecule has 1 atom stereocenters. The number of carbonyl (C=O) groups excluding carboxylic acids is 1. The SMILES string of the molecule is CC.O=CC1CN(Cc2ccccc2)CCN1Cc1ccccc1. The lowest BCUT2D eigenvalue weighted by Gasteiger charge is -2.39. The molecule has 1 heterocycles. The summed E-state index contributed by atoms with van der Waals surface area (Å²) in [5.41, 5.74) is 2.58. The van der Waals surface area contributed by atoms with E-state index in [9.17, 15) is 4.79 Å². The van der Waals surface area contributed by atoms with Gasteiger partial charge in [0.25, 0.3) is 0 Å². The molecule has 1 saturated heterocycles. The third-order valence-electron chi connectivity index (χ3n) is 4.25. The summed E-state index contributed by atoms with van der Waals surface area (Å²) in [6.45, 7) is 8.52. The van der Waals surface area contributed by atoms with Crippen molar-refractivity contribution in [3.8, 4) is 0 Å². The van der Waals surface area contributed by atoms with Gasteiger partial charge in [0.1, 0.15) is 6.29 Å². The highest BCUT2D eigenvalue weighted by Gasteiger charge is 2.26. The maximum absolute atomic E-state index is 11.5. The maximum atomic E-state index is 11.5. The quantitative estimate of drug-likeness (QED) is 0.785. The van der Waals surface area contributed by atoms with E-state index in [1.807, 2.05) is 26.0 Å². The van der Waals surface area contributed by atoms with E-state index in [1.54, 1.807) is 0 Å². The fourth-order valence-corrected chi connectivity index (χ4v) is 3.04. The summed E-state index contributed by atoms with van der Waals surface area (Å²) in [4.78, 5) is 16.1. The van der Waals surface area contributed by atoms with Crippen LogP contribution in [-0.2, 0) is 17.9 Å². The number of hydrogen-bond acceptors (Lipinski definition) is 3. The van der Waals surface area contributed by atoms with Crippen molar-refractivity contribution in [3.63, 3.8) is 0 Å². The lowest BCUT2D eigenvalue weighted by atomic mass is 10.1. The Labute approximate surface area is 145 Å². The first-order valence-electron chi connectivity index (χ1n) is 8.85. The zero-order valence-corrected chi connectivity index (χ0v) is 14.8. The molecule has 3 nitrogen and oxygen atoms in total. The molecule has 2 aromatic carbocycles. The normalized spacial score (nSPS) is 18.5. The summed E-state index contributed by atoms with van der Waals surface area (Å²) in [5.74, 6) is 0. The second-order valence-electron chi connectivity index (χ2n) is 5.88. The highest BCUT2D eigenvalue weighted by molar-refractivity contribution is 5.58. The fourth-order valence-electron chi connectivity index (χ4n) is 3.04. The topological polar surface area (TPSA) is 23.6 Å². The number of rotatable bonds is 5. The van der Waals surface area contributed by atoms with Crippen LogP contribution in [0.25, 0.3) is 0 Å². The van der Waals surface area contributed by atoms with Crippen LogP contribution in [0.15, 0.2) is 60.7 Å². The molecule has 3 heteroatoms. The molecule has 0 saturated carbocycles. The summed E-state index contributed by atoms with van der Waals surface area (Å²) >= 11 is 0. The molecule has 1 aliphatic heterocycles. The van der Waals surface area contributed by atoms with Gasteiger partial charge in [0.15, 0.2) is 0 Å². The predicted molar refractivity (Wildman–Crippen MR) is 99.8 cm³/mol. The number of nitrogens with zero attached hydrogens (tertiary/aromatic N) is 2. The van der Waals surface area contributed by atoms with Gasteiger partial charge in [-0.05, 0) is 11.1 Å². The summed E-state index contributed by atoms with van der Waals surface area (Å²) in [5, 5.41) is 0. The van der Waals surface area contributed by atoms with Gasteiger partial charge < -0.3 is 4.79 Å². The zero-order chi connectivity index (χ0) is 17.2. The highest BCUT2D eigenvalue weighted by Crippen LogP contribution is 2.15. The van der Waals surface area contributed by atoms with Gasteiger partial charge in [0.05, 0.1) is 6.04 Å². The van der Waals surface area contributed by atoms with E-state index in [0.717, 1.165) is 39.0 Å². The summed E-state index contributed by atoms with van der Waals surface area (Å²) in [6.07, 6.45) is 1.10. The molecule has 24 heavy (non-hydrogen) atoms. The third kappa shape index (κ3) is 5.29. The minimum atomic E-state index is -0.0160. The van der Waals surface area contributed by atoms with Crippen LogP contribution in [0.1, 0.15) is 25.0 Å². The van der Waals surface area contributed by atoms with Crippen molar-refractivity contribution < 1.29 is 4.79 Å². The molecule has 2 aromatic rings. The number of piperazine rings is 1. The Morgan fingerprint density at radius 3 is 1.96 bits per heavy atom. The number of hydrogen-bond donors (Lipinski definition) is 0. The molecule has 0 bridgehead atoms. The summed E-state index contributed by atoms with van der Waals surface area (Å²) < 4.78 is 0. The van der Waals surface area contributed by atoms with E-state index in [0.29, 0.717) is 0 Å². The van der Waals surface area contributed by atoms with Crippen LogP contribution >= 0.6 is 0 Å². The lowest BCUT2D eigenvalue weighted by molar-refractivity contribution is -0.115. The molecule has 1 aliphatic rings. The molecular formula is C21H28N2O. The standard InChI is InChI=1S/C19H22N2O.C2H6/c22-16-19-15-20(13-17-7-3-1-4-8-17)11-12-21(19)14-18-9-5-2-6-10-18;1-2/h1-10,16,19H,11-15H2;1-2H3. The van der Waals surface area contributed by atoms with Crippen molar-refractivity contribution in [2.45, 2.75) is 33.0 Å². The van der Waals surface area contributed by atoms with Crippen molar-refractivity contribution in [1.29, 1.82) is 0 Å². The average Bonchev–Trinajstić information content (AvgIpc) is 2.66. The molecule has 0 N–H and O–H groups in total. The second kappa shape index (κ2) is 10.0. The van der Waals surface area contributed by atoms with Gasteiger partial charge in [-0.1, -0.05) is 74.5 Å².